The van der Waals surface area contributed by atoms with Gasteiger partial charge in [-0.1, -0.05) is 33.6 Å². The van der Waals surface area contributed by atoms with Crippen LogP contribution in [0.5, 0.6) is 0 Å². The van der Waals surface area contributed by atoms with Crippen molar-refractivity contribution in [2.75, 3.05) is 13.1 Å². The molecule has 3 heteroatoms. The minimum absolute atomic E-state index is 0.166. The van der Waals surface area contributed by atoms with Crippen LogP contribution >= 0.6 is 0 Å². The molecule has 120 valence electrons. The van der Waals surface area contributed by atoms with Gasteiger partial charge in [0.15, 0.2) is 0 Å². The number of nitrogens with zero attached hydrogens (tertiary/aromatic N) is 1. The van der Waals surface area contributed by atoms with Crippen LogP contribution in [0.15, 0.2) is 22.8 Å². The highest BCUT2D eigenvalue weighted by molar-refractivity contribution is 5.02. The molecule has 0 spiro atoms. The van der Waals surface area contributed by atoms with Crippen molar-refractivity contribution in [3.8, 4) is 0 Å². The average Bonchev–Trinajstić information content (AvgIpc) is 2.97. The molecule has 0 bridgehead atoms. The lowest BCUT2D eigenvalue weighted by atomic mass is 9.72. The quantitative estimate of drug-likeness (QED) is 0.825. The van der Waals surface area contributed by atoms with E-state index in [1.807, 2.05) is 6.07 Å². The highest BCUT2D eigenvalue weighted by atomic mass is 16.3. The Morgan fingerprint density at radius 2 is 2.29 bits per heavy atom. The van der Waals surface area contributed by atoms with E-state index in [4.69, 9.17) is 10.2 Å². The number of nitrogens with two attached hydrogens (primary N) is 1. The van der Waals surface area contributed by atoms with E-state index in [2.05, 4.69) is 31.7 Å². The van der Waals surface area contributed by atoms with Gasteiger partial charge in [0, 0.05) is 12.1 Å². The standard InChI is InChI=1S/C18H32N2O/c1-4-20(13-17-8-6-10-21-17)18(14-19)9-5-7-16(12-18)11-15(2)3/h6,8,10,15-16H,4-5,7,9,11-14,19H2,1-3H3. The molecule has 1 saturated carbocycles. The molecule has 1 aromatic rings. The monoisotopic (exact) mass is 292 g/mol. The maximum atomic E-state index is 6.26. The summed E-state index contributed by atoms with van der Waals surface area (Å²) < 4.78 is 5.56. The zero-order valence-corrected chi connectivity index (χ0v) is 14.0. The number of rotatable bonds is 7. The van der Waals surface area contributed by atoms with Gasteiger partial charge < -0.3 is 10.2 Å². The van der Waals surface area contributed by atoms with Gasteiger partial charge in [-0.3, -0.25) is 4.90 Å². The summed E-state index contributed by atoms with van der Waals surface area (Å²) in [6.07, 6.45) is 8.26. The minimum atomic E-state index is 0.166. The van der Waals surface area contributed by atoms with Crippen LogP contribution in [0.2, 0.25) is 0 Å². The van der Waals surface area contributed by atoms with Gasteiger partial charge in [-0.05, 0) is 49.8 Å². The summed E-state index contributed by atoms with van der Waals surface area (Å²) in [4.78, 5) is 2.55. The van der Waals surface area contributed by atoms with E-state index < -0.39 is 0 Å². The molecule has 2 rings (SSSR count). The van der Waals surface area contributed by atoms with E-state index in [0.29, 0.717) is 0 Å². The summed E-state index contributed by atoms with van der Waals surface area (Å²) in [5, 5.41) is 0. The maximum Gasteiger partial charge on any atom is 0.117 e. The fraction of sp³-hybridized carbons (Fsp3) is 0.778. The Hall–Kier alpha value is -0.800. The van der Waals surface area contributed by atoms with Crippen molar-refractivity contribution in [3.05, 3.63) is 24.2 Å². The summed E-state index contributed by atoms with van der Waals surface area (Å²) in [6.45, 7) is 9.59. The fourth-order valence-corrected chi connectivity index (χ4v) is 4.14. The maximum absolute atomic E-state index is 6.26. The summed E-state index contributed by atoms with van der Waals surface area (Å²) in [7, 11) is 0. The molecule has 1 aromatic heterocycles. The number of furan rings is 1. The largest absolute Gasteiger partial charge is 0.468 e. The Bertz CT molecular complexity index is 401. The Kier molecular flexibility index (Phi) is 5.88. The fourth-order valence-electron chi connectivity index (χ4n) is 4.14. The third kappa shape index (κ3) is 4.10. The van der Waals surface area contributed by atoms with E-state index in [-0.39, 0.29) is 5.54 Å². The van der Waals surface area contributed by atoms with Gasteiger partial charge >= 0.3 is 0 Å². The first kappa shape index (κ1) is 16.6. The van der Waals surface area contributed by atoms with Crippen molar-refractivity contribution in [2.24, 2.45) is 17.6 Å². The van der Waals surface area contributed by atoms with Crippen molar-refractivity contribution in [3.63, 3.8) is 0 Å². The second-order valence-corrected chi connectivity index (χ2v) is 7.11. The van der Waals surface area contributed by atoms with Crippen LogP contribution in [0.1, 0.15) is 58.6 Å². The predicted molar refractivity (Wildman–Crippen MR) is 88.0 cm³/mol. The van der Waals surface area contributed by atoms with E-state index >= 15 is 0 Å². The first-order chi connectivity index (χ1) is 10.1. The summed E-state index contributed by atoms with van der Waals surface area (Å²) in [5.74, 6) is 2.66. The highest BCUT2D eigenvalue weighted by Crippen LogP contribution is 2.39. The minimum Gasteiger partial charge on any atom is -0.468 e. The molecule has 1 heterocycles. The summed E-state index contributed by atoms with van der Waals surface area (Å²) >= 11 is 0. The van der Waals surface area contributed by atoms with E-state index in [0.717, 1.165) is 37.2 Å². The molecule has 1 aliphatic carbocycles. The molecule has 21 heavy (non-hydrogen) atoms. The Morgan fingerprint density at radius 3 is 2.86 bits per heavy atom. The summed E-state index contributed by atoms with van der Waals surface area (Å²) in [6, 6.07) is 4.04. The van der Waals surface area contributed by atoms with Gasteiger partial charge in [0.1, 0.15) is 5.76 Å². The molecule has 0 saturated heterocycles. The highest BCUT2D eigenvalue weighted by Gasteiger charge is 2.39. The molecule has 2 atom stereocenters. The van der Waals surface area contributed by atoms with Crippen LogP contribution in [0.3, 0.4) is 0 Å². The first-order valence-electron chi connectivity index (χ1n) is 8.57. The Labute approximate surface area is 129 Å². The SMILES string of the molecule is CCN(Cc1ccco1)C1(CN)CCCC(CC(C)C)C1. The van der Waals surface area contributed by atoms with Crippen molar-refractivity contribution in [2.45, 2.75) is 65.0 Å². The van der Waals surface area contributed by atoms with Gasteiger partial charge in [0.25, 0.3) is 0 Å². The first-order valence-corrected chi connectivity index (χ1v) is 8.57. The smallest absolute Gasteiger partial charge is 0.117 e. The molecule has 0 amide bonds. The lowest BCUT2D eigenvalue weighted by Crippen LogP contribution is -2.56. The molecule has 0 aliphatic heterocycles. The van der Waals surface area contributed by atoms with Gasteiger partial charge in [0.2, 0.25) is 0 Å². The molecule has 2 unspecified atom stereocenters. The number of hydrogen-bond donors (Lipinski definition) is 1. The summed E-state index contributed by atoms with van der Waals surface area (Å²) in [5.41, 5.74) is 6.43. The second kappa shape index (κ2) is 7.46. The third-order valence-electron chi connectivity index (χ3n) is 5.09. The van der Waals surface area contributed by atoms with E-state index in [1.54, 1.807) is 6.26 Å². The van der Waals surface area contributed by atoms with E-state index in [1.165, 1.54) is 32.1 Å². The van der Waals surface area contributed by atoms with Crippen LogP contribution in [-0.4, -0.2) is 23.5 Å². The molecular formula is C18H32N2O. The lowest BCUT2D eigenvalue weighted by molar-refractivity contribution is 0.0243. The van der Waals surface area contributed by atoms with Crippen LogP contribution in [0, 0.1) is 11.8 Å². The zero-order valence-electron chi connectivity index (χ0n) is 14.0. The number of hydrogen-bond acceptors (Lipinski definition) is 3. The van der Waals surface area contributed by atoms with Crippen LogP contribution in [0.4, 0.5) is 0 Å². The van der Waals surface area contributed by atoms with Crippen molar-refractivity contribution in [1.29, 1.82) is 0 Å². The van der Waals surface area contributed by atoms with Crippen molar-refractivity contribution in [1.82, 2.24) is 4.90 Å². The number of likely N-dealkylation sites (N-methyl/N-ethyl adjacent to an activating group) is 1. The van der Waals surface area contributed by atoms with Gasteiger partial charge in [0.05, 0.1) is 12.8 Å². The third-order valence-corrected chi connectivity index (χ3v) is 5.09. The van der Waals surface area contributed by atoms with Crippen molar-refractivity contribution < 1.29 is 4.42 Å². The molecule has 2 N–H and O–H groups in total. The molecule has 1 fully saturated rings. The Balaban J connectivity index is 2.09. The topological polar surface area (TPSA) is 42.4 Å². The van der Waals surface area contributed by atoms with Gasteiger partial charge in [-0.25, -0.2) is 0 Å². The molecule has 3 nitrogen and oxygen atoms in total. The van der Waals surface area contributed by atoms with Gasteiger partial charge in [-0.15, -0.1) is 0 Å². The predicted octanol–water partition coefficient (Wildman–Crippen LogP) is 4.04. The van der Waals surface area contributed by atoms with Crippen LogP contribution < -0.4 is 5.73 Å². The van der Waals surface area contributed by atoms with Gasteiger partial charge in [-0.2, -0.15) is 0 Å². The molecule has 1 aliphatic rings. The normalized spacial score (nSPS) is 26.7. The van der Waals surface area contributed by atoms with Crippen LogP contribution in [-0.2, 0) is 6.54 Å². The molecule has 0 radical (unpaired) electrons. The second-order valence-electron chi connectivity index (χ2n) is 7.11. The van der Waals surface area contributed by atoms with E-state index in [9.17, 15) is 0 Å². The van der Waals surface area contributed by atoms with Crippen molar-refractivity contribution >= 4 is 0 Å². The zero-order chi connectivity index (χ0) is 15.3. The molecule has 0 aromatic carbocycles. The lowest BCUT2D eigenvalue weighted by Gasteiger charge is -2.48. The molecular weight excluding hydrogens is 260 g/mol. The average molecular weight is 292 g/mol. The Morgan fingerprint density at radius 1 is 1.48 bits per heavy atom. The van der Waals surface area contributed by atoms with Crippen LogP contribution in [0.25, 0.3) is 0 Å².